The molecule has 3 N–H and O–H groups in total. The van der Waals surface area contributed by atoms with Crippen molar-refractivity contribution in [1.29, 1.82) is 0 Å². The second kappa shape index (κ2) is 4.66. The van der Waals surface area contributed by atoms with E-state index in [1.165, 1.54) is 12.3 Å². The van der Waals surface area contributed by atoms with Crippen LogP contribution < -0.4 is 5.32 Å². The summed E-state index contributed by atoms with van der Waals surface area (Å²) in [5.74, 6) is -0.581. The van der Waals surface area contributed by atoms with Gasteiger partial charge in [0.2, 0.25) is 0 Å². The zero-order valence-corrected chi connectivity index (χ0v) is 7.08. The average molecular weight is 205 g/mol. The predicted molar refractivity (Wildman–Crippen MR) is 42.9 cm³/mol. The molecular formula is C7H9F2N3O2. The van der Waals surface area contributed by atoms with Crippen LogP contribution in [0.4, 0.5) is 8.78 Å². The summed E-state index contributed by atoms with van der Waals surface area (Å²) in [4.78, 5) is 11.1. The number of halogens is 2. The molecule has 14 heavy (non-hydrogen) atoms. The molecule has 0 fully saturated rings. The van der Waals surface area contributed by atoms with Gasteiger partial charge in [-0.05, 0) is 6.07 Å². The first kappa shape index (κ1) is 10.6. The number of amides is 1. The van der Waals surface area contributed by atoms with Crippen LogP contribution in [-0.2, 0) is 0 Å². The van der Waals surface area contributed by atoms with E-state index in [-0.39, 0.29) is 5.69 Å². The average Bonchev–Trinajstić information content (AvgIpc) is 2.66. The second-order valence-electron chi connectivity index (χ2n) is 2.58. The summed E-state index contributed by atoms with van der Waals surface area (Å²) >= 11 is 0. The fourth-order valence-corrected chi connectivity index (χ4v) is 0.764. The van der Waals surface area contributed by atoms with E-state index < -0.39 is 25.0 Å². The first-order valence-electron chi connectivity index (χ1n) is 3.85. The number of alkyl halides is 2. The molecule has 0 spiro atoms. The van der Waals surface area contributed by atoms with E-state index >= 15 is 0 Å². The first-order chi connectivity index (χ1) is 6.61. The van der Waals surface area contributed by atoms with Gasteiger partial charge in [-0.25, -0.2) is 8.78 Å². The highest BCUT2D eigenvalue weighted by Crippen LogP contribution is 1.99. The van der Waals surface area contributed by atoms with Crippen LogP contribution in [0.25, 0.3) is 0 Å². The van der Waals surface area contributed by atoms with E-state index in [1.54, 1.807) is 0 Å². The molecule has 1 unspecified atom stereocenters. The van der Waals surface area contributed by atoms with Gasteiger partial charge < -0.3 is 10.4 Å². The van der Waals surface area contributed by atoms with Gasteiger partial charge >= 0.3 is 0 Å². The Morgan fingerprint density at radius 1 is 1.71 bits per heavy atom. The molecule has 0 bridgehead atoms. The lowest BCUT2D eigenvalue weighted by Gasteiger charge is -2.09. The molecule has 1 amide bonds. The number of aliphatic hydroxyl groups is 1. The van der Waals surface area contributed by atoms with Crippen LogP contribution in [0, 0.1) is 0 Å². The van der Waals surface area contributed by atoms with Crippen molar-refractivity contribution in [2.24, 2.45) is 0 Å². The normalized spacial score (nSPS) is 12.9. The van der Waals surface area contributed by atoms with Crippen LogP contribution in [0.2, 0.25) is 0 Å². The fraction of sp³-hybridized carbons (Fsp3) is 0.429. The van der Waals surface area contributed by atoms with Gasteiger partial charge in [0.1, 0.15) is 11.8 Å². The number of nitrogens with zero attached hydrogens (tertiary/aromatic N) is 1. The molecule has 78 valence electrons. The summed E-state index contributed by atoms with van der Waals surface area (Å²) in [7, 11) is 0. The van der Waals surface area contributed by atoms with Crippen molar-refractivity contribution < 1.29 is 18.7 Å². The smallest absolute Gasteiger partial charge is 0.269 e. The molecule has 0 saturated heterocycles. The number of aromatic nitrogens is 2. The molecule has 0 radical (unpaired) electrons. The molecular weight excluding hydrogens is 196 g/mol. The van der Waals surface area contributed by atoms with E-state index in [9.17, 15) is 13.6 Å². The number of hydrogen-bond acceptors (Lipinski definition) is 3. The standard InChI is InChI=1S/C7H9F2N3O2/c8-6(9)5(13)3-10-7(14)4-1-2-11-12-4/h1-2,5-6,13H,3H2,(H,10,14)(H,11,12). The van der Waals surface area contributed by atoms with Crippen LogP contribution >= 0.6 is 0 Å². The zero-order valence-electron chi connectivity index (χ0n) is 7.08. The van der Waals surface area contributed by atoms with Gasteiger partial charge in [0.15, 0.2) is 0 Å². The number of aliphatic hydroxyl groups excluding tert-OH is 1. The Balaban J connectivity index is 2.36. The molecule has 1 rings (SSSR count). The van der Waals surface area contributed by atoms with Crippen molar-refractivity contribution in [2.45, 2.75) is 12.5 Å². The van der Waals surface area contributed by atoms with Crippen molar-refractivity contribution in [1.82, 2.24) is 15.5 Å². The first-order valence-corrected chi connectivity index (χ1v) is 3.85. The molecule has 1 heterocycles. The third-order valence-corrected chi connectivity index (χ3v) is 1.51. The van der Waals surface area contributed by atoms with Gasteiger partial charge in [0, 0.05) is 12.7 Å². The largest absolute Gasteiger partial charge is 0.385 e. The lowest BCUT2D eigenvalue weighted by atomic mass is 10.3. The zero-order chi connectivity index (χ0) is 10.6. The van der Waals surface area contributed by atoms with Gasteiger partial charge in [0.25, 0.3) is 12.3 Å². The number of aromatic amines is 1. The summed E-state index contributed by atoms with van der Waals surface area (Å²) in [5.41, 5.74) is 0.159. The molecule has 1 aromatic heterocycles. The highest BCUT2D eigenvalue weighted by atomic mass is 19.3. The molecule has 0 aliphatic heterocycles. The van der Waals surface area contributed by atoms with Crippen LogP contribution in [0.5, 0.6) is 0 Å². The monoisotopic (exact) mass is 205 g/mol. The maximum absolute atomic E-state index is 11.8. The second-order valence-corrected chi connectivity index (χ2v) is 2.58. The minimum atomic E-state index is -2.86. The Kier molecular flexibility index (Phi) is 3.52. The van der Waals surface area contributed by atoms with Gasteiger partial charge in [-0.15, -0.1) is 0 Å². The Morgan fingerprint density at radius 2 is 2.43 bits per heavy atom. The van der Waals surface area contributed by atoms with E-state index in [0.717, 1.165) is 0 Å². The fourth-order valence-electron chi connectivity index (χ4n) is 0.764. The van der Waals surface area contributed by atoms with Crippen molar-refractivity contribution in [3.05, 3.63) is 18.0 Å². The topological polar surface area (TPSA) is 78.0 Å². The number of carbonyl (C=O) groups excluding carboxylic acids is 1. The van der Waals surface area contributed by atoms with Crippen molar-refractivity contribution in [3.8, 4) is 0 Å². The summed E-state index contributed by atoms with van der Waals surface area (Å²) in [6.07, 6.45) is -3.35. The Hall–Kier alpha value is -1.50. The molecule has 0 aliphatic carbocycles. The minimum absolute atomic E-state index is 0.159. The third kappa shape index (κ3) is 2.77. The van der Waals surface area contributed by atoms with Crippen LogP contribution in [0.15, 0.2) is 12.3 Å². The molecule has 0 aromatic carbocycles. The Labute approximate surface area is 78.1 Å². The van der Waals surface area contributed by atoms with Crippen LogP contribution in [-0.4, -0.2) is 40.3 Å². The Morgan fingerprint density at radius 3 is 2.93 bits per heavy atom. The van der Waals surface area contributed by atoms with Gasteiger partial charge in [-0.3, -0.25) is 9.89 Å². The summed E-state index contributed by atoms with van der Waals surface area (Å²) in [5, 5.41) is 16.7. The summed E-state index contributed by atoms with van der Waals surface area (Å²) in [6.45, 7) is -0.491. The number of nitrogens with one attached hydrogen (secondary N) is 2. The number of carbonyl (C=O) groups is 1. The minimum Gasteiger partial charge on any atom is -0.385 e. The number of H-pyrrole nitrogens is 1. The third-order valence-electron chi connectivity index (χ3n) is 1.51. The van der Waals surface area contributed by atoms with Gasteiger partial charge in [0.05, 0.1) is 0 Å². The maximum Gasteiger partial charge on any atom is 0.269 e. The molecule has 1 atom stereocenters. The summed E-state index contributed by atoms with van der Waals surface area (Å²) in [6, 6.07) is 1.39. The van der Waals surface area contributed by atoms with E-state index in [4.69, 9.17) is 5.11 Å². The molecule has 7 heteroatoms. The lowest BCUT2D eigenvalue weighted by Crippen LogP contribution is -2.35. The maximum atomic E-state index is 11.8. The van der Waals surface area contributed by atoms with Gasteiger partial charge in [-0.2, -0.15) is 5.10 Å². The van der Waals surface area contributed by atoms with E-state index in [0.29, 0.717) is 0 Å². The molecule has 0 aliphatic rings. The molecule has 1 aromatic rings. The summed E-state index contributed by atoms with van der Waals surface area (Å²) < 4.78 is 23.6. The van der Waals surface area contributed by atoms with Crippen molar-refractivity contribution in [3.63, 3.8) is 0 Å². The quantitative estimate of drug-likeness (QED) is 0.635. The van der Waals surface area contributed by atoms with Gasteiger partial charge in [-0.1, -0.05) is 0 Å². The number of hydrogen-bond donors (Lipinski definition) is 3. The SMILES string of the molecule is O=C(NCC(O)C(F)F)c1ccn[nH]1. The van der Waals surface area contributed by atoms with Crippen molar-refractivity contribution >= 4 is 5.91 Å². The van der Waals surface area contributed by atoms with E-state index in [1.807, 2.05) is 0 Å². The van der Waals surface area contributed by atoms with Crippen molar-refractivity contribution in [2.75, 3.05) is 6.54 Å². The number of rotatable bonds is 4. The highest BCUT2D eigenvalue weighted by Gasteiger charge is 2.17. The molecule has 0 saturated carbocycles. The highest BCUT2D eigenvalue weighted by molar-refractivity contribution is 5.92. The van der Waals surface area contributed by atoms with E-state index in [2.05, 4.69) is 15.5 Å². The van der Waals surface area contributed by atoms with Crippen LogP contribution in [0.1, 0.15) is 10.5 Å². The lowest BCUT2D eigenvalue weighted by molar-refractivity contribution is -0.00272. The molecule has 5 nitrogen and oxygen atoms in total. The predicted octanol–water partition coefficient (Wildman–Crippen LogP) is -0.235. The van der Waals surface area contributed by atoms with Crippen LogP contribution in [0.3, 0.4) is 0 Å². The Bertz CT molecular complexity index is 289.